The summed E-state index contributed by atoms with van der Waals surface area (Å²) in [4.78, 5) is 39.0. The molecule has 4 rings (SSSR count). The standard InChI is InChI=1S/C25H28N4O4/c1-16(2)28-14-12-19-20(5-4-6-22(19)28)26-23(30)15-21-24(31)29(25(32)27-21)13-11-17-7-9-18(33-3)10-8-17/h4-10,12,14,16,21H,11,13,15H2,1-3H3,(H,26,30)(H,27,32)/t21-/m1/s1. The highest BCUT2D eigenvalue weighted by atomic mass is 16.5. The van der Waals surface area contributed by atoms with Crippen LogP contribution in [0.2, 0.25) is 0 Å². The summed E-state index contributed by atoms with van der Waals surface area (Å²) in [5.74, 6) is 0.0413. The first-order valence-electron chi connectivity index (χ1n) is 11.0. The van der Waals surface area contributed by atoms with E-state index in [4.69, 9.17) is 4.74 Å². The van der Waals surface area contributed by atoms with Crippen molar-refractivity contribution in [3.05, 3.63) is 60.3 Å². The smallest absolute Gasteiger partial charge is 0.324 e. The number of benzene rings is 2. The zero-order chi connectivity index (χ0) is 23.5. The number of carbonyl (C=O) groups excluding carboxylic acids is 3. The molecular formula is C25H28N4O4. The number of ether oxygens (including phenoxy) is 1. The van der Waals surface area contributed by atoms with Crippen molar-refractivity contribution in [2.45, 2.75) is 38.8 Å². The van der Waals surface area contributed by atoms with Gasteiger partial charge in [-0.2, -0.15) is 0 Å². The predicted molar refractivity (Wildman–Crippen MR) is 126 cm³/mol. The van der Waals surface area contributed by atoms with Gasteiger partial charge in [-0.1, -0.05) is 18.2 Å². The van der Waals surface area contributed by atoms with Crippen LogP contribution >= 0.6 is 0 Å². The molecule has 0 radical (unpaired) electrons. The number of hydrogen-bond donors (Lipinski definition) is 2. The van der Waals surface area contributed by atoms with E-state index in [1.54, 1.807) is 7.11 Å². The number of rotatable bonds is 8. The molecule has 1 aromatic heterocycles. The number of anilines is 1. The quantitative estimate of drug-likeness (QED) is 0.514. The molecule has 33 heavy (non-hydrogen) atoms. The number of nitrogens with one attached hydrogen (secondary N) is 2. The summed E-state index contributed by atoms with van der Waals surface area (Å²) >= 11 is 0. The number of carbonyl (C=O) groups is 3. The summed E-state index contributed by atoms with van der Waals surface area (Å²) in [5.41, 5.74) is 2.70. The lowest BCUT2D eigenvalue weighted by molar-refractivity contribution is -0.129. The number of methoxy groups -OCH3 is 1. The molecule has 3 aromatic rings. The van der Waals surface area contributed by atoms with Crippen molar-refractivity contribution in [3.8, 4) is 5.75 Å². The monoisotopic (exact) mass is 448 g/mol. The van der Waals surface area contributed by atoms with E-state index >= 15 is 0 Å². The molecule has 0 saturated carbocycles. The van der Waals surface area contributed by atoms with Gasteiger partial charge >= 0.3 is 6.03 Å². The summed E-state index contributed by atoms with van der Waals surface area (Å²) in [6.45, 7) is 4.44. The molecule has 1 fully saturated rings. The van der Waals surface area contributed by atoms with Crippen LogP contribution in [0, 0.1) is 0 Å². The number of imide groups is 1. The maximum Gasteiger partial charge on any atom is 0.324 e. The van der Waals surface area contributed by atoms with Gasteiger partial charge in [0.15, 0.2) is 0 Å². The zero-order valence-electron chi connectivity index (χ0n) is 19.0. The molecular weight excluding hydrogens is 420 g/mol. The van der Waals surface area contributed by atoms with Gasteiger partial charge < -0.3 is 19.9 Å². The van der Waals surface area contributed by atoms with Crippen LogP contribution in [0.3, 0.4) is 0 Å². The third kappa shape index (κ3) is 4.69. The molecule has 0 spiro atoms. The molecule has 0 unspecified atom stereocenters. The first kappa shape index (κ1) is 22.4. The van der Waals surface area contributed by atoms with E-state index in [2.05, 4.69) is 29.0 Å². The lowest BCUT2D eigenvalue weighted by atomic mass is 10.1. The maximum absolute atomic E-state index is 12.8. The van der Waals surface area contributed by atoms with Gasteiger partial charge in [-0.25, -0.2) is 4.79 Å². The Kier molecular flexibility index (Phi) is 6.35. The summed E-state index contributed by atoms with van der Waals surface area (Å²) in [5, 5.41) is 6.46. The predicted octanol–water partition coefficient (Wildman–Crippen LogP) is 3.72. The van der Waals surface area contributed by atoms with E-state index < -0.39 is 12.1 Å². The number of aromatic nitrogens is 1. The van der Waals surface area contributed by atoms with E-state index in [0.717, 1.165) is 22.2 Å². The molecule has 4 amide bonds. The van der Waals surface area contributed by atoms with Crippen LogP contribution in [-0.4, -0.2) is 47.0 Å². The fraction of sp³-hybridized carbons (Fsp3) is 0.320. The third-order valence-electron chi connectivity index (χ3n) is 5.87. The third-order valence-corrected chi connectivity index (χ3v) is 5.87. The van der Waals surface area contributed by atoms with Crippen LogP contribution < -0.4 is 15.4 Å². The van der Waals surface area contributed by atoms with Gasteiger partial charge in [0.05, 0.1) is 24.7 Å². The van der Waals surface area contributed by atoms with E-state index in [1.165, 1.54) is 4.90 Å². The number of fused-ring (bicyclic) bond motifs is 1. The van der Waals surface area contributed by atoms with Crippen LogP contribution in [0.25, 0.3) is 10.9 Å². The van der Waals surface area contributed by atoms with Gasteiger partial charge in [0.1, 0.15) is 11.8 Å². The Bertz CT molecular complexity index is 1180. The summed E-state index contributed by atoms with van der Waals surface area (Å²) in [6, 6.07) is 14.1. The van der Waals surface area contributed by atoms with Crippen LogP contribution in [0.5, 0.6) is 5.75 Å². The molecule has 2 heterocycles. The van der Waals surface area contributed by atoms with Gasteiger partial charge in [0, 0.05) is 24.2 Å². The average molecular weight is 449 g/mol. The van der Waals surface area contributed by atoms with E-state index in [-0.39, 0.29) is 24.8 Å². The van der Waals surface area contributed by atoms with Crippen molar-refractivity contribution in [2.75, 3.05) is 19.0 Å². The number of hydrogen-bond acceptors (Lipinski definition) is 4. The van der Waals surface area contributed by atoms with Crippen molar-refractivity contribution >= 4 is 34.4 Å². The maximum atomic E-state index is 12.8. The molecule has 1 aliphatic rings. The summed E-state index contributed by atoms with van der Waals surface area (Å²) in [6.07, 6.45) is 2.40. The normalized spacial score (nSPS) is 15.9. The van der Waals surface area contributed by atoms with Gasteiger partial charge in [-0.05, 0) is 56.2 Å². The average Bonchev–Trinajstić information content (AvgIpc) is 3.34. The van der Waals surface area contributed by atoms with Gasteiger partial charge in [0.2, 0.25) is 5.91 Å². The summed E-state index contributed by atoms with van der Waals surface area (Å²) < 4.78 is 7.27. The first-order valence-corrected chi connectivity index (χ1v) is 11.0. The van der Waals surface area contributed by atoms with Gasteiger partial charge in [0.25, 0.3) is 5.91 Å². The number of nitrogens with zero attached hydrogens (tertiary/aromatic N) is 2. The molecule has 2 N–H and O–H groups in total. The zero-order valence-corrected chi connectivity index (χ0v) is 19.0. The molecule has 8 nitrogen and oxygen atoms in total. The molecule has 0 bridgehead atoms. The molecule has 0 aliphatic carbocycles. The minimum atomic E-state index is -0.868. The van der Waals surface area contributed by atoms with E-state index in [1.807, 2.05) is 54.7 Å². The highest BCUT2D eigenvalue weighted by molar-refractivity contribution is 6.08. The Morgan fingerprint density at radius 2 is 1.88 bits per heavy atom. The Balaban J connectivity index is 1.37. The fourth-order valence-electron chi connectivity index (χ4n) is 4.09. The molecule has 1 aliphatic heterocycles. The summed E-state index contributed by atoms with van der Waals surface area (Å²) in [7, 11) is 1.60. The molecule has 8 heteroatoms. The number of urea groups is 1. The molecule has 1 saturated heterocycles. The minimum absolute atomic E-state index is 0.120. The lowest BCUT2D eigenvalue weighted by Gasteiger charge is -2.14. The van der Waals surface area contributed by atoms with Crippen LogP contribution in [-0.2, 0) is 16.0 Å². The molecule has 1 atom stereocenters. The topological polar surface area (TPSA) is 92.7 Å². The van der Waals surface area contributed by atoms with Crippen molar-refractivity contribution in [2.24, 2.45) is 0 Å². The Morgan fingerprint density at radius 3 is 2.58 bits per heavy atom. The second-order valence-electron chi connectivity index (χ2n) is 8.40. The number of amides is 4. The van der Waals surface area contributed by atoms with Crippen LogP contribution in [0.4, 0.5) is 10.5 Å². The van der Waals surface area contributed by atoms with Crippen LogP contribution in [0.15, 0.2) is 54.7 Å². The second kappa shape index (κ2) is 9.36. The van der Waals surface area contributed by atoms with Crippen molar-refractivity contribution in [1.29, 1.82) is 0 Å². The Morgan fingerprint density at radius 1 is 1.12 bits per heavy atom. The van der Waals surface area contributed by atoms with Crippen molar-refractivity contribution in [3.63, 3.8) is 0 Å². The second-order valence-corrected chi connectivity index (χ2v) is 8.40. The Labute approximate surface area is 192 Å². The molecule has 172 valence electrons. The lowest BCUT2D eigenvalue weighted by Crippen LogP contribution is -2.35. The van der Waals surface area contributed by atoms with Crippen molar-refractivity contribution in [1.82, 2.24) is 14.8 Å². The SMILES string of the molecule is COc1ccc(CCN2C(=O)N[C@H](CC(=O)Nc3cccc4c3ccn4C(C)C)C2=O)cc1. The fourth-order valence-corrected chi connectivity index (χ4v) is 4.09. The molecule has 2 aromatic carbocycles. The minimum Gasteiger partial charge on any atom is -0.497 e. The highest BCUT2D eigenvalue weighted by Gasteiger charge is 2.38. The van der Waals surface area contributed by atoms with Crippen molar-refractivity contribution < 1.29 is 19.1 Å². The first-order chi connectivity index (χ1) is 15.9. The van der Waals surface area contributed by atoms with Crippen LogP contribution in [0.1, 0.15) is 31.9 Å². The van der Waals surface area contributed by atoms with Gasteiger partial charge in [-0.3, -0.25) is 14.5 Å². The Hall–Kier alpha value is -3.81. The van der Waals surface area contributed by atoms with E-state index in [0.29, 0.717) is 18.2 Å². The van der Waals surface area contributed by atoms with E-state index in [9.17, 15) is 14.4 Å². The largest absolute Gasteiger partial charge is 0.497 e. The highest BCUT2D eigenvalue weighted by Crippen LogP contribution is 2.27. The van der Waals surface area contributed by atoms with Gasteiger partial charge in [-0.15, -0.1) is 0 Å².